The standard InChI is InChI=1S/C13H18BrNS/c1-4-7-11-12(8-9-14)16-13(15-11)10(5-2)6-3/h5,7-8H,4,6,9H2,1-3H3/b10-5+,11-7+,12-8+. The summed E-state index contributed by atoms with van der Waals surface area (Å²) >= 11 is 5.23. The zero-order valence-electron chi connectivity index (χ0n) is 10.1. The molecule has 0 fully saturated rings. The molecule has 0 unspecified atom stereocenters. The largest absolute Gasteiger partial charge is 0.237 e. The average molecular weight is 300 g/mol. The van der Waals surface area contributed by atoms with E-state index >= 15 is 0 Å². The third-order valence-corrected chi connectivity index (χ3v) is 3.81. The van der Waals surface area contributed by atoms with Crippen molar-refractivity contribution < 1.29 is 0 Å². The van der Waals surface area contributed by atoms with Crippen LogP contribution in [0.15, 0.2) is 6.08 Å². The van der Waals surface area contributed by atoms with Crippen LogP contribution in [0.4, 0.5) is 0 Å². The molecular formula is C13H18BrNS. The monoisotopic (exact) mass is 299 g/mol. The lowest BCUT2D eigenvalue weighted by Gasteiger charge is -1.95. The van der Waals surface area contributed by atoms with Crippen molar-refractivity contribution in [1.82, 2.24) is 4.98 Å². The SMILES string of the molecule is C/C=C(\CC)c1nc(=C/CC)/c(=C\CBr)s1. The lowest BCUT2D eigenvalue weighted by atomic mass is 10.2. The summed E-state index contributed by atoms with van der Waals surface area (Å²) in [7, 11) is 0. The third-order valence-electron chi connectivity index (χ3n) is 2.35. The highest BCUT2D eigenvalue weighted by molar-refractivity contribution is 9.09. The first-order valence-corrected chi connectivity index (χ1v) is 7.59. The van der Waals surface area contributed by atoms with Crippen LogP contribution in [-0.4, -0.2) is 10.3 Å². The number of hydrogen-bond donors (Lipinski definition) is 0. The van der Waals surface area contributed by atoms with Crippen LogP contribution in [0.25, 0.3) is 17.7 Å². The zero-order chi connectivity index (χ0) is 12.0. The summed E-state index contributed by atoms with van der Waals surface area (Å²) in [6.45, 7) is 6.40. The number of hydrogen-bond acceptors (Lipinski definition) is 2. The molecule has 0 aliphatic rings. The number of thiazole rings is 1. The van der Waals surface area contributed by atoms with E-state index in [1.165, 1.54) is 10.1 Å². The van der Waals surface area contributed by atoms with E-state index in [4.69, 9.17) is 4.98 Å². The Bertz CT molecular complexity index is 437. The lowest BCUT2D eigenvalue weighted by molar-refractivity contribution is 1.17. The Kier molecular flexibility index (Phi) is 5.99. The van der Waals surface area contributed by atoms with Crippen LogP contribution in [0, 0.1) is 0 Å². The minimum atomic E-state index is 0.885. The molecule has 1 aromatic rings. The first-order chi connectivity index (χ1) is 7.76. The van der Waals surface area contributed by atoms with Crippen LogP contribution >= 0.6 is 27.3 Å². The Hall–Kier alpha value is -0.410. The maximum absolute atomic E-state index is 4.70. The van der Waals surface area contributed by atoms with Crippen molar-refractivity contribution in [3.8, 4) is 0 Å². The van der Waals surface area contributed by atoms with E-state index in [1.807, 2.05) is 0 Å². The van der Waals surface area contributed by atoms with Gasteiger partial charge in [0.2, 0.25) is 0 Å². The summed E-state index contributed by atoms with van der Waals surface area (Å²) in [6.07, 6.45) is 8.61. The summed E-state index contributed by atoms with van der Waals surface area (Å²) in [4.78, 5) is 4.70. The van der Waals surface area contributed by atoms with E-state index in [0.717, 1.165) is 28.5 Å². The van der Waals surface area contributed by atoms with Gasteiger partial charge >= 0.3 is 0 Å². The average Bonchev–Trinajstić information content (AvgIpc) is 2.65. The molecular weight excluding hydrogens is 282 g/mol. The molecule has 1 aromatic heterocycles. The van der Waals surface area contributed by atoms with Gasteiger partial charge in [-0.05, 0) is 25.3 Å². The van der Waals surface area contributed by atoms with Gasteiger partial charge in [-0.1, -0.05) is 48.0 Å². The minimum Gasteiger partial charge on any atom is -0.237 e. The van der Waals surface area contributed by atoms with Gasteiger partial charge in [-0.2, -0.15) is 0 Å². The molecule has 16 heavy (non-hydrogen) atoms. The van der Waals surface area contributed by atoms with Crippen LogP contribution in [0.5, 0.6) is 0 Å². The molecule has 1 heterocycles. The van der Waals surface area contributed by atoms with E-state index in [-0.39, 0.29) is 0 Å². The van der Waals surface area contributed by atoms with Crippen molar-refractivity contribution in [1.29, 1.82) is 0 Å². The van der Waals surface area contributed by atoms with Gasteiger partial charge in [-0.25, -0.2) is 4.98 Å². The predicted molar refractivity (Wildman–Crippen MR) is 78.3 cm³/mol. The van der Waals surface area contributed by atoms with E-state index in [9.17, 15) is 0 Å². The Balaban J connectivity index is 3.33. The number of rotatable bonds is 4. The summed E-state index contributed by atoms with van der Waals surface area (Å²) in [5.74, 6) is 0. The molecule has 0 aliphatic heterocycles. The molecule has 1 nitrogen and oxygen atoms in total. The molecule has 0 radical (unpaired) electrons. The van der Waals surface area contributed by atoms with Gasteiger partial charge in [0.15, 0.2) is 0 Å². The molecule has 0 N–H and O–H groups in total. The highest BCUT2D eigenvalue weighted by atomic mass is 79.9. The van der Waals surface area contributed by atoms with Crippen LogP contribution in [0.1, 0.15) is 38.6 Å². The zero-order valence-corrected chi connectivity index (χ0v) is 12.5. The molecule has 3 heteroatoms. The maximum atomic E-state index is 4.70. The van der Waals surface area contributed by atoms with Crippen molar-refractivity contribution in [3.05, 3.63) is 21.0 Å². The van der Waals surface area contributed by atoms with Gasteiger partial charge < -0.3 is 0 Å². The molecule has 1 rings (SSSR count). The number of nitrogens with zero attached hydrogens (tertiary/aromatic N) is 1. The first-order valence-electron chi connectivity index (χ1n) is 5.65. The van der Waals surface area contributed by atoms with Gasteiger partial charge in [0.05, 0.1) is 9.88 Å². The lowest BCUT2D eigenvalue weighted by Crippen LogP contribution is -2.20. The number of halogens is 1. The van der Waals surface area contributed by atoms with Gasteiger partial charge in [-0.3, -0.25) is 0 Å². The molecule has 0 bridgehead atoms. The predicted octanol–water partition coefficient (Wildman–Crippen LogP) is 3.32. The van der Waals surface area contributed by atoms with Gasteiger partial charge in [0.1, 0.15) is 5.01 Å². The normalized spacial score (nSPS) is 14.9. The quantitative estimate of drug-likeness (QED) is 0.777. The number of allylic oxidation sites excluding steroid dienone is 2. The summed E-state index contributed by atoms with van der Waals surface area (Å²) < 4.78 is 1.28. The molecule has 0 aromatic carbocycles. The van der Waals surface area contributed by atoms with E-state index in [2.05, 4.69) is 54.9 Å². The van der Waals surface area contributed by atoms with Crippen molar-refractivity contribution in [2.24, 2.45) is 0 Å². The molecule has 0 saturated carbocycles. The second-order valence-electron chi connectivity index (χ2n) is 3.41. The first kappa shape index (κ1) is 13.7. The maximum Gasteiger partial charge on any atom is 0.120 e. The van der Waals surface area contributed by atoms with E-state index in [0.29, 0.717) is 0 Å². The smallest absolute Gasteiger partial charge is 0.120 e. The Morgan fingerprint density at radius 3 is 2.62 bits per heavy atom. The second kappa shape index (κ2) is 7.02. The molecule has 0 spiro atoms. The fourth-order valence-electron chi connectivity index (χ4n) is 1.52. The van der Waals surface area contributed by atoms with Crippen LogP contribution < -0.4 is 9.88 Å². The minimum absolute atomic E-state index is 0.885. The van der Waals surface area contributed by atoms with Crippen molar-refractivity contribution in [2.45, 2.75) is 33.6 Å². The molecule has 0 saturated heterocycles. The van der Waals surface area contributed by atoms with Crippen molar-refractivity contribution in [2.75, 3.05) is 5.33 Å². The van der Waals surface area contributed by atoms with E-state index < -0.39 is 0 Å². The molecule has 88 valence electrons. The van der Waals surface area contributed by atoms with E-state index in [1.54, 1.807) is 11.3 Å². The highest BCUT2D eigenvalue weighted by Crippen LogP contribution is 2.16. The highest BCUT2D eigenvalue weighted by Gasteiger charge is 2.03. The topological polar surface area (TPSA) is 12.9 Å². The molecule has 0 amide bonds. The van der Waals surface area contributed by atoms with Crippen LogP contribution in [0.2, 0.25) is 0 Å². The van der Waals surface area contributed by atoms with Crippen molar-refractivity contribution >= 4 is 45.0 Å². The Morgan fingerprint density at radius 2 is 2.12 bits per heavy atom. The summed E-state index contributed by atoms with van der Waals surface area (Å²) in [5.41, 5.74) is 1.34. The Morgan fingerprint density at radius 1 is 1.38 bits per heavy atom. The summed E-state index contributed by atoms with van der Waals surface area (Å²) in [6, 6.07) is 0. The second-order valence-corrected chi connectivity index (χ2v) is 5.08. The fourth-order valence-corrected chi connectivity index (χ4v) is 3.20. The Labute approximate surface area is 110 Å². The van der Waals surface area contributed by atoms with Gasteiger partial charge in [0.25, 0.3) is 0 Å². The molecule has 0 atom stereocenters. The number of alkyl halides is 1. The molecule has 0 aliphatic carbocycles. The van der Waals surface area contributed by atoms with Crippen molar-refractivity contribution in [3.63, 3.8) is 0 Å². The fraction of sp³-hybridized carbons (Fsp3) is 0.462. The number of aromatic nitrogens is 1. The summed E-state index contributed by atoms with van der Waals surface area (Å²) in [5, 5.41) is 3.18. The third kappa shape index (κ3) is 3.29. The van der Waals surface area contributed by atoms with Crippen LogP contribution in [0.3, 0.4) is 0 Å². The van der Waals surface area contributed by atoms with Gasteiger partial charge in [-0.15, -0.1) is 11.3 Å². The van der Waals surface area contributed by atoms with Gasteiger partial charge in [0, 0.05) is 5.33 Å². The van der Waals surface area contributed by atoms with Crippen LogP contribution in [-0.2, 0) is 0 Å².